The van der Waals surface area contributed by atoms with E-state index in [2.05, 4.69) is 35.3 Å². The van der Waals surface area contributed by atoms with Crippen molar-refractivity contribution >= 4 is 21.6 Å². The molecule has 1 aliphatic rings. The van der Waals surface area contributed by atoms with Crippen molar-refractivity contribution in [3.8, 4) is 0 Å². The number of aryl methyl sites for hydroxylation is 1. The minimum Gasteiger partial charge on any atom is -0.301 e. The Morgan fingerprint density at radius 1 is 1.21 bits per heavy atom. The summed E-state index contributed by atoms with van der Waals surface area (Å²) in [5.41, 5.74) is 0.631. The zero-order chi connectivity index (χ0) is 18.0. The third-order valence-electron chi connectivity index (χ3n) is 4.82. The van der Waals surface area contributed by atoms with Gasteiger partial charge in [-0.15, -0.1) is 0 Å². The fourth-order valence-electron chi connectivity index (χ4n) is 2.88. The molecule has 0 unspecified atom stereocenters. The number of nitrogens with zero attached hydrogens (tertiary/aromatic N) is 2. The molecule has 136 valence electrons. The van der Waals surface area contributed by atoms with E-state index in [1.807, 2.05) is 6.92 Å². The van der Waals surface area contributed by atoms with E-state index in [-0.39, 0.29) is 10.4 Å². The summed E-state index contributed by atoms with van der Waals surface area (Å²) >= 11 is 6.05. The Labute approximate surface area is 151 Å². The third kappa shape index (κ3) is 4.70. The van der Waals surface area contributed by atoms with E-state index in [4.69, 9.17) is 11.6 Å². The standard InChI is InChI=1S/C17H28ClN3O2S/c1-5-20-8-10-21(11-9-20)17(3,4)13-19-24(22,23)15-7-6-14(2)16(18)12-15/h6-7,12,19H,5,8-11,13H2,1-4H3. The van der Waals surface area contributed by atoms with Crippen LogP contribution in [0.4, 0.5) is 0 Å². The fraction of sp³-hybridized carbons (Fsp3) is 0.647. The Kier molecular flexibility index (Phi) is 6.31. The molecule has 1 aromatic carbocycles. The lowest BCUT2D eigenvalue weighted by atomic mass is 10.0. The second-order valence-electron chi connectivity index (χ2n) is 6.97. The van der Waals surface area contributed by atoms with Crippen LogP contribution in [-0.4, -0.2) is 63.0 Å². The molecule has 1 fully saturated rings. The topological polar surface area (TPSA) is 52.6 Å². The molecule has 0 radical (unpaired) electrons. The number of rotatable bonds is 6. The first-order chi connectivity index (χ1) is 11.2. The maximum Gasteiger partial charge on any atom is 0.240 e. The molecule has 0 aromatic heterocycles. The van der Waals surface area contributed by atoms with Crippen LogP contribution in [0, 0.1) is 6.92 Å². The van der Waals surface area contributed by atoms with Crippen LogP contribution in [0.25, 0.3) is 0 Å². The number of likely N-dealkylation sites (N-methyl/N-ethyl adjacent to an activating group) is 1. The summed E-state index contributed by atoms with van der Waals surface area (Å²) in [5.74, 6) is 0. The van der Waals surface area contributed by atoms with Crippen LogP contribution in [0.3, 0.4) is 0 Å². The van der Waals surface area contributed by atoms with Crippen LogP contribution in [0.5, 0.6) is 0 Å². The van der Waals surface area contributed by atoms with Gasteiger partial charge in [0.2, 0.25) is 10.0 Å². The van der Waals surface area contributed by atoms with Gasteiger partial charge in [-0.25, -0.2) is 13.1 Å². The summed E-state index contributed by atoms with van der Waals surface area (Å²) in [6, 6.07) is 4.83. The van der Waals surface area contributed by atoms with E-state index in [1.54, 1.807) is 12.1 Å². The van der Waals surface area contributed by atoms with Crippen molar-refractivity contribution in [1.29, 1.82) is 0 Å². The van der Waals surface area contributed by atoms with Gasteiger partial charge in [-0.05, 0) is 45.0 Å². The number of hydrogen-bond donors (Lipinski definition) is 1. The summed E-state index contributed by atoms with van der Waals surface area (Å²) in [7, 11) is -3.56. The van der Waals surface area contributed by atoms with Crippen LogP contribution in [0.1, 0.15) is 26.3 Å². The highest BCUT2D eigenvalue weighted by atomic mass is 35.5. The monoisotopic (exact) mass is 373 g/mol. The molecule has 1 saturated heterocycles. The van der Waals surface area contributed by atoms with E-state index in [0.717, 1.165) is 38.3 Å². The lowest BCUT2D eigenvalue weighted by molar-refractivity contribution is 0.0571. The van der Waals surface area contributed by atoms with Gasteiger partial charge in [0.05, 0.1) is 4.90 Å². The van der Waals surface area contributed by atoms with E-state index in [1.165, 1.54) is 6.07 Å². The van der Waals surface area contributed by atoms with Crippen LogP contribution >= 0.6 is 11.6 Å². The SMILES string of the molecule is CCN1CCN(C(C)(C)CNS(=O)(=O)c2ccc(C)c(Cl)c2)CC1. The van der Waals surface area contributed by atoms with Crippen LogP contribution in [0.2, 0.25) is 5.02 Å². The molecule has 0 atom stereocenters. The Hall–Kier alpha value is -0.660. The summed E-state index contributed by atoms with van der Waals surface area (Å²) < 4.78 is 27.8. The van der Waals surface area contributed by atoms with Crippen molar-refractivity contribution in [2.75, 3.05) is 39.3 Å². The summed E-state index contributed by atoms with van der Waals surface area (Å²) in [4.78, 5) is 4.97. The zero-order valence-corrected chi connectivity index (χ0v) is 16.5. The second kappa shape index (κ2) is 7.70. The minimum atomic E-state index is -3.56. The average Bonchev–Trinajstić information content (AvgIpc) is 2.55. The highest BCUT2D eigenvalue weighted by Gasteiger charge is 2.31. The van der Waals surface area contributed by atoms with Gasteiger partial charge in [0.15, 0.2) is 0 Å². The first-order valence-electron chi connectivity index (χ1n) is 8.39. The molecule has 1 aliphatic heterocycles. The lowest BCUT2D eigenvalue weighted by Gasteiger charge is -2.44. The predicted molar refractivity (Wildman–Crippen MR) is 99.1 cm³/mol. The van der Waals surface area contributed by atoms with Crippen molar-refractivity contribution in [3.63, 3.8) is 0 Å². The minimum absolute atomic E-state index is 0.213. The molecule has 1 heterocycles. The molecule has 2 rings (SSSR count). The van der Waals surface area contributed by atoms with Gasteiger partial charge >= 0.3 is 0 Å². The van der Waals surface area contributed by atoms with Crippen molar-refractivity contribution < 1.29 is 8.42 Å². The zero-order valence-electron chi connectivity index (χ0n) is 15.0. The van der Waals surface area contributed by atoms with Crippen molar-refractivity contribution in [2.24, 2.45) is 0 Å². The number of sulfonamides is 1. The predicted octanol–water partition coefficient (Wildman–Crippen LogP) is 2.34. The summed E-state index contributed by atoms with van der Waals surface area (Å²) in [6.07, 6.45) is 0. The molecule has 0 amide bonds. The maximum absolute atomic E-state index is 12.5. The molecule has 0 spiro atoms. The number of benzene rings is 1. The van der Waals surface area contributed by atoms with Gasteiger partial charge in [0, 0.05) is 43.3 Å². The average molecular weight is 374 g/mol. The number of halogens is 1. The van der Waals surface area contributed by atoms with Gasteiger partial charge in [-0.1, -0.05) is 24.6 Å². The Morgan fingerprint density at radius 3 is 2.38 bits per heavy atom. The highest BCUT2D eigenvalue weighted by Crippen LogP contribution is 2.21. The van der Waals surface area contributed by atoms with Gasteiger partial charge < -0.3 is 4.90 Å². The van der Waals surface area contributed by atoms with Crippen LogP contribution in [0.15, 0.2) is 23.1 Å². The van der Waals surface area contributed by atoms with E-state index >= 15 is 0 Å². The Bertz CT molecular complexity index is 668. The van der Waals surface area contributed by atoms with Gasteiger partial charge in [0.1, 0.15) is 0 Å². The smallest absolute Gasteiger partial charge is 0.240 e. The maximum atomic E-state index is 12.5. The van der Waals surface area contributed by atoms with Crippen LogP contribution in [-0.2, 0) is 10.0 Å². The molecule has 0 bridgehead atoms. The van der Waals surface area contributed by atoms with Crippen molar-refractivity contribution in [1.82, 2.24) is 14.5 Å². The molecule has 24 heavy (non-hydrogen) atoms. The van der Waals surface area contributed by atoms with E-state index < -0.39 is 10.0 Å². The van der Waals surface area contributed by atoms with Crippen molar-refractivity contribution in [3.05, 3.63) is 28.8 Å². The number of piperazine rings is 1. The molecule has 5 nitrogen and oxygen atoms in total. The largest absolute Gasteiger partial charge is 0.301 e. The molecular formula is C17H28ClN3O2S. The van der Waals surface area contributed by atoms with Gasteiger partial charge in [0.25, 0.3) is 0 Å². The van der Waals surface area contributed by atoms with E-state index in [0.29, 0.717) is 11.6 Å². The Balaban J connectivity index is 2.01. The number of hydrogen-bond acceptors (Lipinski definition) is 4. The van der Waals surface area contributed by atoms with Crippen molar-refractivity contribution in [2.45, 2.75) is 38.1 Å². The first kappa shape index (κ1) is 19.7. The normalized spacial score (nSPS) is 18.0. The van der Waals surface area contributed by atoms with Gasteiger partial charge in [-0.2, -0.15) is 0 Å². The number of nitrogens with one attached hydrogen (secondary N) is 1. The fourth-order valence-corrected chi connectivity index (χ4v) is 4.35. The quantitative estimate of drug-likeness (QED) is 0.831. The van der Waals surface area contributed by atoms with Gasteiger partial charge in [-0.3, -0.25) is 4.90 Å². The molecular weight excluding hydrogens is 346 g/mol. The second-order valence-corrected chi connectivity index (χ2v) is 9.14. The first-order valence-corrected chi connectivity index (χ1v) is 10.2. The summed E-state index contributed by atoms with van der Waals surface area (Å²) in [6.45, 7) is 13.6. The molecule has 1 N–H and O–H groups in total. The summed E-state index contributed by atoms with van der Waals surface area (Å²) in [5, 5.41) is 0.466. The van der Waals surface area contributed by atoms with Crippen LogP contribution < -0.4 is 4.72 Å². The Morgan fingerprint density at radius 2 is 1.83 bits per heavy atom. The molecule has 7 heteroatoms. The van der Waals surface area contributed by atoms with E-state index in [9.17, 15) is 8.42 Å². The highest BCUT2D eigenvalue weighted by molar-refractivity contribution is 7.89. The third-order valence-corrected chi connectivity index (χ3v) is 6.63. The molecule has 0 aliphatic carbocycles. The molecule has 1 aromatic rings. The molecule has 0 saturated carbocycles. The lowest BCUT2D eigenvalue weighted by Crippen LogP contribution is -2.58.